The van der Waals surface area contributed by atoms with E-state index in [9.17, 15) is 0 Å². The number of hydrogen-bond acceptors (Lipinski definition) is 2. The number of likely N-dealkylation sites (tertiary alicyclic amines) is 1. The van der Waals surface area contributed by atoms with Gasteiger partial charge < -0.3 is 4.74 Å². The van der Waals surface area contributed by atoms with Crippen LogP contribution in [0, 0.1) is 11.3 Å². The van der Waals surface area contributed by atoms with Crippen molar-refractivity contribution in [3.63, 3.8) is 0 Å². The first-order valence-corrected chi connectivity index (χ1v) is 6.30. The van der Waals surface area contributed by atoms with E-state index in [1.807, 2.05) is 7.11 Å². The Morgan fingerprint density at radius 3 is 2.47 bits per heavy atom. The first-order valence-electron chi connectivity index (χ1n) is 6.30. The molecule has 15 heavy (non-hydrogen) atoms. The number of ether oxygens (including phenoxy) is 1. The van der Waals surface area contributed by atoms with Gasteiger partial charge in [-0.15, -0.1) is 0 Å². The third-order valence-corrected chi connectivity index (χ3v) is 4.71. The molecular weight excluding hydrogens is 186 g/mol. The molecule has 0 bridgehead atoms. The predicted molar refractivity (Wildman–Crippen MR) is 63.0 cm³/mol. The molecule has 2 rings (SSSR count). The maximum atomic E-state index is 5.35. The second-order valence-electron chi connectivity index (χ2n) is 6.13. The van der Waals surface area contributed by atoms with Gasteiger partial charge in [-0.05, 0) is 37.1 Å². The van der Waals surface area contributed by atoms with Gasteiger partial charge in [-0.1, -0.05) is 20.8 Å². The largest absolute Gasteiger partial charge is 0.381 e. The molecule has 1 saturated heterocycles. The van der Waals surface area contributed by atoms with Crippen molar-refractivity contribution in [2.75, 3.05) is 20.2 Å². The summed E-state index contributed by atoms with van der Waals surface area (Å²) in [4.78, 5) is 2.69. The van der Waals surface area contributed by atoms with Crippen LogP contribution in [0.5, 0.6) is 0 Å². The van der Waals surface area contributed by atoms with E-state index in [0.29, 0.717) is 11.5 Å². The Labute approximate surface area is 94.0 Å². The van der Waals surface area contributed by atoms with Crippen molar-refractivity contribution in [3.8, 4) is 0 Å². The Morgan fingerprint density at radius 1 is 1.27 bits per heavy atom. The van der Waals surface area contributed by atoms with Gasteiger partial charge >= 0.3 is 0 Å². The van der Waals surface area contributed by atoms with Gasteiger partial charge in [0.15, 0.2) is 0 Å². The van der Waals surface area contributed by atoms with Gasteiger partial charge in [0.05, 0.1) is 6.10 Å². The Hall–Kier alpha value is -0.0800. The van der Waals surface area contributed by atoms with Crippen LogP contribution >= 0.6 is 0 Å². The quantitative estimate of drug-likeness (QED) is 0.696. The molecule has 0 aromatic rings. The van der Waals surface area contributed by atoms with Crippen LogP contribution in [0.25, 0.3) is 0 Å². The number of hydrogen-bond donors (Lipinski definition) is 0. The van der Waals surface area contributed by atoms with Crippen molar-refractivity contribution >= 4 is 0 Å². The molecule has 1 aliphatic heterocycles. The lowest BCUT2D eigenvalue weighted by Gasteiger charge is -2.50. The molecule has 1 heterocycles. The van der Waals surface area contributed by atoms with E-state index >= 15 is 0 Å². The zero-order valence-corrected chi connectivity index (χ0v) is 10.6. The number of nitrogens with zero attached hydrogens (tertiary/aromatic N) is 1. The number of piperidine rings is 1. The maximum Gasteiger partial charge on any atom is 0.0601 e. The molecule has 1 aliphatic carbocycles. The van der Waals surface area contributed by atoms with Crippen molar-refractivity contribution in [3.05, 3.63) is 0 Å². The molecule has 0 N–H and O–H groups in total. The molecule has 0 aromatic carbocycles. The standard InChI is InChI=1S/C13H25NO/c1-10-5-6-14(9-13(10,2)3)11-7-12(8-11)15-4/h10-12H,5-9H2,1-4H3/t10-,11-,12-/m1/s1. The Balaban J connectivity index is 1.86. The van der Waals surface area contributed by atoms with Gasteiger partial charge in [-0.2, -0.15) is 0 Å². The molecule has 2 nitrogen and oxygen atoms in total. The molecule has 2 aliphatic rings. The Bertz CT molecular complexity index is 221. The van der Waals surface area contributed by atoms with E-state index in [4.69, 9.17) is 4.74 Å². The molecule has 0 unspecified atom stereocenters. The highest BCUT2D eigenvalue weighted by Crippen LogP contribution is 2.38. The van der Waals surface area contributed by atoms with E-state index in [2.05, 4.69) is 25.7 Å². The summed E-state index contributed by atoms with van der Waals surface area (Å²) in [5, 5.41) is 0. The van der Waals surface area contributed by atoms with E-state index in [-0.39, 0.29) is 0 Å². The molecule has 0 spiro atoms. The van der Waals surface area contributed by atoms with Crippen LogP contribution in [-0.2, 0) is 4.74 Å². The summed E-state index contributed by atoms with van der Waals surface area (Å²) < 4.78 is 5.35. The second-order valence-corrected chi connectivity index (χ2v) is 6.13. The van der Waals surface area contributed by atoms with Crippen molar-refractivity contribution in [2.45, 2.75) is 52.2 Å². The smallest absolute Gasteiger partial charge is 0.0601 e. The predicted octanol–water partition coefficient (Wildman–Crippen LogP) is 2.53. The summed E-state index contributed by atoms with van der Waals surface area (Å²) in [5.41, 5.74) is 0.496. The summed E-state index contributed by atoms with van der Waals surface area (Å²) in [6, 6.07) is 0.807. The summed E-state index contributed by atoms with van der Waals surface area (Å²) in [6.45, 7) is 9.80. The SMILES string of the molecule is CO[C@H]1C[C@H](N2CC[C@@H](C)C(C)(C)C2)C1. The minimum absolute atomic E-state index is 0.496. The monoisotopic (exact) mass is 211 g/mol. The zero-order valence-electron chi connectivity index (χ0n) is 10.6. The van der Waals surface area contributed by atoms with Crippen LogP contribution in [0.1, 0.15) is 40.0 Å². The minimum Gasteiger partial charge on any atom is -0.381 e. The topological polar surface area (TPSA) is 12.5 Å². The van der Waals surface area contributed by atoms with E-state index < -0.39 is 0 Å². The highest BCUT2D eigenvalue weighted by Gasteiger charge is 2.40. The lowest BCUT2D eigenvalue weighted by atomic mass is 9.73. The zero-order chi connectivity index (χ0) is 11.1. The third-order valence-electron chi connectivity index (χ3n) is 4.71. The fourth-order valence-electron chi connectivity index (χ4n) is 2.85. The first-order chi connectivity index (χ1) is 7.03. The molecule has 0 radical (unpaired) electrons. The average molecular weight is 211 g/mol. The first kappa shape index (κ1) is 11.4. The molecule has 0 amide bonds. The Morgan fingerprint density at radius 2 is 1.93 bits per heavy atom. The lowest BCUT2D eigenvalue weighted by Crippen LogP contribution is -2.54. The molecule has 2 heteroatoms. The van der Waals surface area contributed by atoms with Crippen LogP contribution in [0.2, 0.25) is 0 Å². The van der Waals surface area contributed by atoms with Crippen molar-refractivity contribution in [1.82, 2.24) is 4.90 Å². The second kappa shape index (κ2) is 4.06. The third kappa shape index (κ3) is 2.21. The van der Waals surface area contributed by atoms with E-state index in [1.165, 1.54) is 32.4 Å². The average Bonchev–Trinajstić information content (AvgIpc) is 2.09. The lowest BCUT2D eigenvalue weighted by molar-refractivity contribution is -0.0582. The molecule has 0 aromatic heterocycles. The van der Waals surface area contributed by atoms with Gasteiger partial charge in [0.25, 0.3) is 0 Å². The highest BCUT2D eigenvalue weighted by molar-refractivity contribution is 4.93. The van der Waals surface area contributed by atoms with Crippen LogP contribution in [0.3, 0.4) is 0 Å². The van der Waals surface area contributed by atoms with Crippen LogP contribution in [0.15, 0.2) is 0 Å². The molecule has 88 valence electrons. The molecule has 2 fully saturated rings. The van der Waals surface area contributed by atoms with Gasteiger partial charge in [0, 0.05) is 19.7 Å². The normalized spacial score (nSPS) is 41.2. The number of methoxy groups -OCH3 is 1. The minimum atomic E-state index is 0.496. The summed E-state index contributed by atoms with van der Waals surface area (Å²) in [7, 11) is 1.84. The summed E-state index contributed by atoms with van der Waals surface area (Å²) in [6.07, 6.45) is 4.40. The maximum absolute atomic E-state index is 5.35. The van der Waals surface area contributed by atoms with Gasteiger partial charge in [-0.3, -0.25) is 4.90 Å². The summed E-state index contributed by atoms with van der Waals surface area (Å²) in [5.74, 6) is 0.868. The van der Waals surface area contributed by atoms with Gasteiger partial charge in [0.2, 0.25) is 0 Å². The Kier molecular flexibility index (Phi) is 3.09. The van der Waals surface area contributed by atoms with Crippen molar-refractivity contribution in [1.29, 1.82) is 0 Å². The van der Waals surface area contributed by atoms with Crippen molar-refractivity contribution < 1.29 is 4.74 Å². The van der Waals surface area contributed by atoms with Crippen LogP contribution in [-0.4, -0.2) is 37.2 Å². The van der Waals surface area contributed by atoms with E-state index in [1.54, 1.807) is 0 Å². The number of rotatable bonds is 2. The molecule has 1 saturated carbocycles. The van der Waals surface area contributed by atoms with Crippen LogP contribution in [0.4, 0.5) is 0 Å². The van der Waals surface area contributed by atoms with E-state index in [0.717, 1.165) is 12.0 Å². The van der Waals surface area contributed by atoms with Gasteiger partial charge in [0.1, 0.15) is 0 Å². The highest BCUT2D eigenvalue weighted by atomic mass is 16.5. The van der Waals surface area contributed by atoms with Crippen LogP contribution < -0.4 is 0 Å². The fourth-order valence-corrected chi connectivity index (χ4v) is 2.85. The van der Waals surface area contributed by atoms with Crippen molar-refractivity contribution in [2.24, 2.45) is 11.3 Å². The van der Waals surface area contributed by atoms with Gasteiger partial charge in [-0.25, -0.2) is 0 Å². The fraction of sp³-hybridized carbons (Fsp3) is 1.00. The molecular formula is C13H25NO. The summed E-state index contributed by atoms with van der Waals surface area (Å²) >= 11 is 0. The molecule has 1 atom stereocenters.